The SMILES string of the molecule is COc1ncc(-c2cc(OC(F)F)c3ncnc(C)c3c2)cc1NS(=O)(=O)c1ccc(F)cc1F. The summed E-state index contributed by atoms with van der Waals surface area (Å²) in [6.45, 7) is -1.46. The van der Waals surface area contributed by atoms with Gasteiger partial charge in [-0.1, -0.05) is 0 Å². The first-order chi connectivity index (χ1) is 16.6. The van der Waals surface area contributed by atoms with Crippen LogP contribution in [0.4, 0.5) is 23.2 Å². The second kappa shape index (κ2) is 9.33. The summed E-state index contributed by atoms with van der Waals surface area (Å²) >= 11 is 0. The van der Waals surface area contributed by atoms with Crippen LogP contribution >= 0.6 is 0 Å². The molecule has 8 nitrogen and oxygen atoms in total. The van der Waals surface area contributed by atoms with Crippen molar-refractivity contribution in [1.82, 2.24) is 15.0 Å². The fourth-order valence-corrected chi connectivity index (χ4v) is 4.46. The molecule has 0 aliphatic heterocycles. The molecule has 35 heavy (non-hydrogen) atoms. The van der Waals surface area contributed by atoms with Crippen LogP contribution in [0.25, 0.3) is 22.0 Å². The van der Waals surface area contributed by atoms with E-state index in [1.54, 1.807) is 13.0 Å². The number of hydrogen-bond acceptors (Lipinski definition) is 7. The number of fused-ring (bicyclic) bond motifs is 1. The number of rotatable bonds is 7. The number of alkyl halides is 2. The molecule has 13 heteroatoms. The molecule has 0 atom stereocenters. The van der Waals surface area contributed by atoms with Gasteiger partial charge in [0.2, 0.25) is 5.88 Å². The summed E-state index contributed by atoms with van der Waals surface area (Å²) in [5.41, 5.74) is 1.09. The molecule has 0 aliphatic carbocycles. The number of benzene rings is 2. The molecule has 0 amide bonds. The van der Waals surface area contributed by atoms with Crippen LogP contribution in [0.2, 0.25) is 0 Å². The van der Waals surface area contributed by atoms with Gasteiger partial charge in [0.15, 0.2) is 5.75 Å². The Kier molecular flexibility index (Phi) is 6.43. The summed E-state index contributed by atoms with van der Waals surface area (Å²) in [5, 5.41) is 0.423. The normalized spacial score (nSPS) is 11.6. The summed E-state index contributed by atoms with van der Waals surface area (Å²) in [7, 11) is -3.27. The number of ether oxygens (including phenoxy) is 2. The van der Waals surface area contributed by atoms with Crippen molar-refractivity contribution in [3.05, 3.63) is 66.3 Å². The number of aromatic nitrogens is 3. The van der Waals surface area contributed by atoms with Gasteiger partial charge in [-0.3, -0.25) is 4.72 Å². The van der Waals surface area contributed by atoms with Gasteiger partial charge in [-0.15, -0.1) is 0 Å². The molecule has 0 fully saturated rings. The maximum atomic E-state index is 14.1. The van der Waals surface area contributed by atoms with Crippen molar-refractivity contribution in [3.8, 4) is 22.8 Å². The van der Waals surface area contributed by atoms with Gasteiger partial charge in [0, 0.05) is 28.9 Å². The fourth-order valence-electron chi connectivity index (χ4n) is 3.35. The Morgan fingerprint density at radius 2 is 1.77 bits per heavy atom. The second-order valence-electron chi connectivity index (χ2n) is 7.17. The standard InChI is InChI=1S/C22H16F4N4O4S/c1-11-15-5-12(7-18(34-22(25)26)20(15)29-10-28-11)13-6-17(21(33-2)27-9-13)30-35(31,32)19-4-3-14(23)8-16(19)24/h3-10,22,30H,1-2H3. The van der Waals surface area contributed by atoms with Crippen LogP contribution in [-0.4, -0.2) is 37.1 Å². The first-order valence-corrected chi connectivity index (χ1v) is 11.3. The Morgan fingerprint density at radius 3 is 2.46 bits per heavy atom. The van der Waals surface area contributed by atoms with E-state index < -0.39 is 33.2 Å². The number of anilines is 1. The van der Waals surface area contributed by atoms with Gasteiger partial charge < -0.3 is 9.47 Å². The minimum atomic E-state index is -4.51. The third-order valence-electron chi connectivity index (χ3n) is 4.92. The van der Waals surface area contributed by atoms with Crippen LogP contribution in [0.5, 0.6) is 11.6 Å². The number of methoxy groups -OCH3 is 1. The van der Waals surface area contributed by atoms with E-state index in [0.29, 0.717) is 22.7 Å². The largest absolute Gasteiger partial charge is 0.480 e. The van der Waals surface area contributed by atoms with Crippen molar-refractivity contribution in [2.75, 3.05) is 11.8 Å². The number of halogens is 4. The monoisotopic (exact) mass is 508 g/mol. The lowest BCUT2D eigenvalue weighted by atomic mass is 10.0. The van der Waals surface area contributed by atoms with Gasteiger partial charge in [-0.05, 0) is 42.8 Å². The maximum absolute atomic E-state index is 14.1. The number of pyridine rings is 1. The molecular weight excluding hydrogens is 492 g/mol. The highest BCUT2D eigenvalue weighted by Crippen LogP contribution is 2.36. The first-order valence-electron chi connectivity index (χ1n) is 9.81. The molecule has 0 saturated carbocycles. The highest BCUT2D eigenvalue weighted by Gasteiger charge is 2.23. The summed E-state index contributed by atoms with van der Waals surface area (Å²) < 4.78 is 90.8. The minimum absolute atomic E-state index is 0.149. The summed E-state index contributed by atoms with van der Waals surface area (Å²) in [6.07, 6.45) is 2.54. The van der Waals surface area contributed by atoms with Crippen LogP contribution in [0.3, 0.4) is 0 Å². The van der Waals surface area contributed by atoms with Gasteiger partial charge in [-0.25, -0.2) is 32.2 Å². The van der Waals surface area contributed by atoms with Gasteiger partial charge in [0.05, 0.1) is 7.11 Å². The Balaban J connectivity index is 1.82. The van der Waals surface area contributed by atoms with E-state index >= 15 is 0 Å². The molecule has 1 N–H and O–H groups in total. The van der Waals surface area contributed by atoms with Crippen LogP contribution in [-0.2, 0) is 10.0 Å². The van der Waals surface area contributed by atoms with Gasteiger partial charge in [0.25, 0.3) is 10.0 Å². The van der Waals surface area contributed by atoms with E-state index in [9.17, 15) is 26.0 Å². The van der Waals surface area contributed by atoms with Crippen LogP contribution in [0.1, 0.15) is 5.69 Å². The molecule has 0 aliphatic rings. The van der Waals surface area contributed by atoms with E-state index in [1.807, 2.05) is 0 Å². The van der Waals surface area contributed by atoms with Crippen molar-refractivity contribution in [2.24, 2.45) is 0 Å². The number of nitrogens with one attached hydrogen (secondary N) is 1. The Hall–Kier alpha value is -4.00. The van der Waals surface area contributed by atoms with E-state index in [-0.39, 0.29) is 28.4 Å². The fraction of sp³-hybridized carbons (Fsp3) is 0.136. The molecule has 2 heterocycles. The van der Waals surface area contributed by atoms with Crippen molar-refractivity contribution >= 4 is 26.6 Å². The Morgan fingerprint density at radius 1 is 1.00 bits per heavy atom. The molecule has 0 unspecified atom stereocenters. The van der Waals surface area contributed by atoms with E-state index in [2.05, 4.69) is 24.4 Å². The zero-order valence-corrected chi connectivity index (χ0v) is 18.9. The van der Waals surface area contributed by atoms with Crippen molar-refractivity contribution in [2.45, 2.75) is 18.4 Å². The molecule has 4 aromatic rings. The van der Waals surface area contributed by atoms with Gasteiger partial charge >= 0.3 is 6.61 Å². The maximum Gasteiger partial charge on any atom is 0.387 e. The molecule has 4 rings (SSSR count). The lowest BCUT2D eigenvalue weighted by Gasteiger charge is -2.15. The quantitative estimate of drug-likeness (QED) is 0.361. The predicted molar refractivity (Wildman–Crippen MR) is 118 cm³/mol. The average Bonchev–Trinajstić information content (AvgIpc) is 2.78. The van der Waals surface area contributed by atoms with Crippen LogP contribution < -0.4 is 14.2 Å². The molecule has 0 bridgehead atoms. The second-order valence-corrected chi connectivity index (χ2v) is 8.82. The zero-order chi connectivity index (χ0) is 25.3. The average molecular weight is 508 g/mol. The van der Waals surface area contributed by atoms with Gasteiger partial charge in [-0.2, -0.15) is 8.78 Å². The van der Waals surface area contributed by atoms with Crippen molar-refractivity contribution in [3.63, 3.8) is 0 Å². The molecule has 0 saturated heterocycles. The highest BCUT2D eigenvalue weighted by molar-refractivity contribution is 7.92. The molecule has 2 aromatic carbocycles. The summed E-state index contributed by atoms with van der Waals surface area (Å²) in [6, 6.07) is 6.22. The summed E-state index contributed by atoms with van der Waals surface area (Å²) in [4.78, 5) is 11.3. The molecular formula is C22H16F4N4O4S. The lowest BCUT2D eigenvalue weighted by Crippen LogP contribution is -2.15. The number of aryl methyl sites for hydroxylation is 1. The van der Waals surface area contributed by atoms with E-state index in [4.69, 9.17) is 4.74 Å². The number of nitrogens with zero attached hydrogens (tertiary/aromatic N) is 3. The third kappa shape index (κ3) is 4.94. The van der Waals surface area contributed by atoms with Crippen LogP contribution in [0.15, 0.2) is 53.8 Å². The van der Waals surface area contributed by atoms with Crippen molar-refractivity contribution in [1.29, 1.82) is 0 Å². The van der Waals surface area contributed by atoms with E-state index in [0.717, 1.165) is 12.1 Å². The third-order valence-corrected chi connectivity index (χ3v) is 6.32. The van der Waals surface area contributed by atoms with Gasteiger partial charge in [0.1, 0.15) is 34.1 Å². The first kappa shape index (κ1) is 24.1. The van der Waals surface area contributed by atoms with Crippen LogP contribution in [0, 0.1) is 18.6 Å². The van der Waals surface area contributed by atoms with Crippen molar-refractivity contribution < 1.29 is 35.5 Å². The Labute approximate surface area is 196 Å². The molecule has 0 spiro atoms. The molecule has 182 valence electrons. The summed E-state index contributed by atoms with van der Waals surface area (Å²) in [5.74, 6) is -2.60. The molecule has 0 radical (unpaired) electrons. The number of hydrogen-bond donors (Lipinski definition) is 1. The topological polar surface area (TPSA) is 103 Å². The Bertz CT molecular complexity index is 1530. The lowest BCUT2D eigenvalue weighted by molar-refractivity contribution is -0.0489. The van der Waals surface area contributed by atoms with E-state index in [1.165, 1.54) is 31.8 Å². The minimum Gasteiger partial charge on any atom is -0.480 e. The highest BCUT2D eigenvalue weighted by atomic mass is 32.2. The number of sulfonamides is 1. The zero-order valence-electron chi connectivity index (χ0n) is 18.1. The smallest absolute Gasteiger partial charge is 0.387 e. The molecule has 2 aromatic heterocycles. The predicted octanol–water partition coefficient (Wildman–Crippen LogP) is 4.69.